The van der Waals surface area contributed by atoms with Crippen LogP contribution < -0.4 is 10.6 Å². The van der Waals surface area contributed by atoms with Gasteiger partial charge in [-0.15, -0.1) is 0 Å². The van der Waals surface area contributed by atoms with Gasteiger partial charge in [0.05, 0.1) is 0 Å². The van der Waals surface area contributed by atoms with Crippen molar-refractivity contribution >= 4 is 23.3 Å². The maximum Gasteiger partial charge on any atom is 0.270 e. The largest absolute Gasteiger partial charge is 0.370 e. The minimum absolute atomic E-state index is 0.160. The van der Waals surface area contributed by atoms with Gasteiger partial charge in [0, 0.05) is 24.2 Å². The van der Waals surface area contributed by atoms with Crippen LogP contribution in [0.15, 0.2) is 48.3 Å². The Hall–Kier alpha value is -2.40. The van der Waals surface area contributed by atoms with Gasteiger partial charge in [0.15, 0.2) is 0 Å². The topological polar surface area (TPSA) is 66.9 Å². The summed E-state index contributed by atoms with van der Waals surface area (Å²) in [6.45, 7) is 1.35. The minimum atomic E-state index is -0.160. The van der Waals surface area contributed by atoms with E-state index in [4.69, 9.17) is 11.6 Å². The van der Waals surface area contributed by atoms with E-state index >= 15 is 0 Å². The summed E-state index contributed by atoms with van der Waals surface area (Å²) in [7, 11) is 0. The number of rotatable bonds is 8. The molecule has 0 atom stereocenters. The monoisotopic (exact) mass is 384 g/mol. The summed E-state index contributed by atoms with van der Waals surface area (Å²) < 4.78 is 0. The molecule has 0 aliphatic heterocycles. The van der Waals surface area contributed by atoms with Gasteiger partial charge in [-0.2, -0.15) is 0 Å². The highest BCUT2D eigenvalue weighted by molar-refractivity contribution is 6.30. The molecule has 0 saturated heterocycles. The molecule has 0 spiro atoms. The Morgan fingerprint density at radius 2 is 2.04 bits per heavy atom. The highest BCUT2D eigenvalue weighted by Crippen LogP contribution is 2.19. The van der Waals surface area contributed by atoms with E-state index in [1.165, 1.54) is 31.2 Å². The fourth-order valence-corrected chi connectivity index (χ4v) is 3.38. The van der Waals surface area contributed by atoms with Gasteiger partial charge in [-0.25, -0.2) is 9.97 Å². The molecular formula is C21H25ClN4O. The third kappa shape index (κ3) is 6.36. The third-order valence-electron chi connectivity index (χ3n) is 4.63. The van der Waals surface area contributed by atoms with Crippen LogP contribution in [0.25, 0.3) is 0 Å². The standard InChI is InChI=1S/C21H25ClN4O/c22-18-8-4-7-17(13-18)10-11-23-20-14-19(25-15-26-20)21(27)24-12-9-16-5-2-1-3-6-16/h4-5,7-8,13-15H,1-3,6,9-12H2,(H,24,27)(H,23,25,26). The fourth-order valence-electron chi connectivity index (χ4n) is 3.16. The van der Waals surface area contributed by atoms with Gasteiger partial charge >= 0.3 is 0 Å². The molecule has 1 aromatic heterocycles. The first-order valence-corrected chi connectivity index (χ1v) is 9.85. The van der Waals surface area contributed by atoms with Crippen molar-refractivity contribution in [1.29, 1.82) is 0 Å². The van der Waals surface area contributed by atoms with Crippen LogP contribution in [-0.2, 0) is 6.42 Å². The molecule has 0 saturated carbocycles. The van der Waals surface area contributed by atoms with Gasteiger partial charge in [-0.3, -0.25) is 4.79 Å². The lowest BCUT2D eigenvalue weighted by atomic mass is 9.97. The van der Waals surface area contributed by atoms with Crippen LogP contribution in [0.5, 0.6) is 0 Å². The van der Waals surface area contributed by atoms with E-state index in [1.54, 1.807) is 6.07 Å². The zero-order valence-electron chi connectivity index (χ0n) is 15.4. The van der Waals surface area contributed by atoms with Crippen molar-refractivity contribution in [2.24, 2.45) is 0 Å². The first-order valence-electron chi connectivity index (χ1n) is 9.47. The van der Waals surface area contributed by atoms with E-state index in [9.17, 15) is 4.79 Å². The molecule has 1 amide bonds. The first kappa shape index (κ1) is 19.4. The summed E-state index contributed by atoms with van der Waals surface area (Å²) >= 11 is 6.00. The van der Waals surface area contributed by atoms with Crippen molar-refractivity contribution in [2.75, 3.05) is 18.4 Å². The van der Waals surface area contributed by atoms with Crippen LogP contribution >= 0.6 is 11.6 Å². The van der Waals surface area contributed by atoms with E-state index in [1.807, 2.05) is 24.3 Å². The van der Waals surface area contributed by atoms with Gasteiger partial charge < -0.3 is 10.6 Å². The van der Waals surface area contributed by atoms with Crippen LogP contribution in [0.1, 0.15) is 48.2 Å². The Labute approximate surface area is 165 Å². The Balaban J connectivity index is 1.45. The molecule has 1 aliphatic carbocycles. The van der Waals surface area contributed by atoms with Crippen molar-refractivity contribution in [1.82, 2.24) is 15.3 Å². The summed E-state index contributed by atoms with van der Waals surface area (Å²) in [5.41, 5.74) is 2.99. The lowest BCUT2D eigenvalue weighted by molar-refractivity contribution is 0.0949. The molecule has 5 nitrogen and oxygen atoms in total. The number of amides is 1. The Morgan fingerprint density at radius 1 is 1.11 bits per heavy atom. The molecule has 3 rings (SSSR count). The second kappa shape index (κ2) is 10.1. The molecule has 6 heteroatoms. The van der Waals surface area contributed by atoms with Crippen molar-refractivity contribution in [3.05, 3.63) is 64.6 Å². The predicted octanol–water partition coefficient (Wildman–Crippen LogP) is 4.40. The molecule has 0 bridgehead atoms. The Kier molecular flexibility index (Phi) is 7.22. The van der Waals surface area contributed by atoms with Gasteiger partial charge in [0.25, 0.3) is 5.91 Å². The molecule has 27 heavy (non-hydrogen) atoms. The number of nitrogens with one attached hydrogen (secondary N) is 2. The lowest BCUT2D eigenvalue weighted by Gasteiger charge is -2.13. The number of aromatic nitrogens is 2. The van der Waals surface area contributed by atoms with Crippen molar-refractivity contribution in [2.45, 2.75) is 38.5 Å². The molecule has 0 fully saturated rings. The van der Waals surface area contributed by atoms with Gasteiger partial charge in [0.1, 0.15) is 17.8 Å². The SMILES string of the molecule is O=C(NCCC1=CCCCC1)c1cc(NCCc2cccc(Cl)c2)ncn1. The number of hydrogen-bond acceptors (Lipinski definition) is 4. The van der Waals surface area contributed by atoms with E-state index in [0.29, 0.717) is 24.6 Å². The quantitative estimate of drug-likeness (QED) is 0.662. The molecule has 0 unspecified atom stereocenters. The normalized spacial score (nSPS) is 13.7. The minimum Gasteiger partial charge on any atom is -0.370 e. The average molecular weight is 385 g/mol. The summed E-state index contributed by atoms with van der Waals surface area (Å²) in [6, 6.07) is 9.47. The van der Waals surface area contributed by atoms with E-state index in [-0.39, 0.29) is 5.91 Å². The smallest absolute Gasteiger partial charge is 0.270 e. The summed E-state index contributed by atoms with van der Waals surface area (Å²) in [6.07, 6.45) is 10.3. The molecule has 142 valence electrons. The van der Waals surface area contributed by atoms with Crippen LogP contribution in [0, 0.1) is 0 Å². The number of carbonyl (C=O) groups is 1. The van der Waals surface area contributed by atoms with Gasteiger partial charge in [-0.1, -0.05) is 35.4 Å². The van der Waals surface area contributed by atoms with Crippen LogP contribution in [-0.4, -0.2) is 29.0 Å². The molecular weight excluding hydrogens is 360 g/mol. The third-order valence-corrected chi connectivity index (χ3v) is 4.86. The second-order valence-electron chi connectivity index (χ2n) is 6.71. The molecule has 0 radical (unpaired) electrons. The molecule has 1 aromatic carbocycles. The molecule has 2 N–H and O–H groups in total. The van der Waals surface area contributed by atoms with E-state index in [2.05, 4.69) is 26.7 Å². The number of halogens is 1. The zero-order chi connectivity index (χ0) is 18.9. The number of allylic oxidation sites excluding steroid dienone is 1. The predicted molar refractivity (Wildman–Crippen MR) is 109 cm³/mol. The number of anilines is 1. The van der Waals surface area contributed by atoms with Crippen molar-refractivity contribution < 1.29 is 4.79 Å². The maximum absolute atomic E-state index is 12.3. The van der Waals surface area contributed by atoms with Crippen molar-refractivity contribution in [3.63, 3.8) is 0 Å². The Bertz CT molecular complexity index is 806. The summed E-state index contributed by atoms with van der Waals surface area (Å²) in [5.74, 6) is 0.485. The second-order valence-corrected chi connectivity index (χ2v) is 7.15. The number of nitrogens with zero attached hydrogens (tertiary/aromatic N) is 2. The van der Waals surface area contributed by atoms with Crippen LogP contribution in [0.2, 0.25) is 5.02 Å². The average Bonchev–Trinajstić information content (AvgIpc) is 2.69. The highest BCUT2D eigenvalue weighted by atomic mass is 35.5. The lowest BCUT2D eigenvalue weighted by Crippen LogP contribution is -2.26. The van der Waals surface area contributed by atoms with Crippen LogP contribution in [0.3, 0.4) is 0 Å². The molecule has 1 heterocycles. The number of carbonyl (C=O) groups excluding carboxylic acids is 1. The molecule has 1 aliphatic rings. The van der Waals surface area contributed by atoms with Crippen LogP contribution in [0.4, 0.5) is 5.82 Å². The first-order chi connectivity index (χ1) is 13.2. The van der Waals surface area contributed by atoms with Crippen molar-refractivity contribution in [3.8, 4) is 0 Å². The summed E-state index contributed by atoms with van der Waals surface area (Å²) in [4.78, 5) is 20.6. The van der Waals surface area contributed by atoms with E-state index in [0.717, 1.165) is 29.8 Å². The fraction of sp³-hybridized carbons (Fsp3) is 0.381. The Morgan fingerprint density at radius 3 is 2.85 bits per heavy atom. The number of hydrogen-bond donors (Lipinski definition) is 2. The maximum atomic E-state index is 12.3. The summed E-state index contributed by atoms with van der Waals surface area (Å²) in [5, 5.41) is 6.92. The highest BCUT2D eigenvalue weighted by Gasteiger charge is 2.09. The van der Waals surface area contributed by atoms with Gasteiger partial charge in [-0.05, 0) is 56.2 Å². The zero-order valence-corrected chi connectivity index (χ0v) is 16.1. The van der Waals surface area contributed by atoms with Gasteiger partial charge in [0.2, 0.25) is 0 Å². The van der Waals surface area contributed by atoms with E-state index < -0.39 is 0 Å². The number of benzene rings is 1. The molecule has 2 aromatic rings.